The zero-order valence-electron chi connectivity index (χ0n) is 10.8. The number of aromatic nitrogens is 2. The van der Waals surface area contributed by atoms with Gasteiger partial charge in [-0.1, -0.05) is 17.8 Å². The first-order chi connectivity index (χ1) is 10.1. The van der Waals surface area contributed by atoms with Crippen LogP contribution in [0.25, 0.3) is 11.0 Å². The Balaban J connectivity index is 2.06. The molecule has 1 N–H and O–H groups in total. The van der Waals surface area contributed by atoms with Crippen LogP contribution in [0.2, 0.25) is 0 Å². The summed E-state index contributed by atoms with van der Waals surface area (Å²) in [6.45, 7) is 0.370. The zero-order valence-corrected chi connectivity index (χ0v) is 11.6. The molecule has 0 aliphatic rings. The van der Waals surface area contributed by atoms with Crippen molar-refractivity contribution in [1.29, 1.82) is 0 Å². The van der Waals surface area contributed by atoms with E-state index in [9.17, 15) is 9.18 Å². The number of thioether (sulfide) groups is 1. The second-order valence-corrected chi connectivity index (χ2v) is 5.29. The third-order valence-corrected chi connectivity index (χ3v) is 3.87. The van der Waals surface area contributed by atoms with Gasteiger partial charge in [-0.15, -0.1) is 0 Å². The lowest BCUT2D eigenvalue weighted by Gasteiger charge is -2.06. The van der Waals surface area contributed by atoms with Crippen molar-refractivity contribution in [2.45, 2.75) is 11.7 Å². The summed E-state index contributed by atoms with van der Waals surface area (Å²) in [6, 6.07) is 8.25. The number of imidazole rings is 1. The molecule has 3 rings (SSSR count). The number of carboxylic acid groups (broad SMARTS) is 1. The molecule has 5 nitrogen and oxygen atoms in total. The first-order valence-corrected chi connectivity index (χ1v) is 7.15. The number of hydrogen-bond donors (Lipinski definition) is 1. The molecule has 0 aliphatic heterocycles. The molecule has 2 aromatic heterocycles. The predicted octanol–water partition coefficient (Wildman–Crippen LogP) is 2.99. The van der Waals surface area contributed by atoms with E-state index in [1.54, 1.807) is 35.1 Å². The number of hydrogen-bond acceptors (Lipinski definition) is 4. The van der Waals surface area contributed by atoms with Gasteiger partial charge in [0.2, 0.25) is 0 Å². The van der Waals surface area contributed by atoms with Crippen molar-refractivity contribution in [3.05, 3.63) is 48.2 Å². The molecule has 2 heterocycles. The zero-order chi connectivity index (χ0) is 14.8. The standard InChI is InChI=1S/C14H11FN2O3S/c15-10-4-1-5-11-13(10)16-14(21-8-12(18)19)17(11)7-9-3-2-6-20-9/h1-6H,7-8H2,(H,18,19). The number of fused-ring (bicyclic) bond motifs is 1. The van der Waals surface area contributed by atoms with E-state index in [1.165, 1.54) is 6.07 Å². The minimum atomic E-state index is -0.947. The molecule has 0 unspecified atom stereocenters. The molecule has 0 atom stereocenters. The van der Waals surface area contributed by atoms with Gasteiger partial charge in [0.1, 0.15) is 11.3 Å². The normalized spacial score (nSPS) is 11.1. The van der Waals surface area contributed by atoms with Crippen LogP contribution in [-0.2, 0) is 11.3 Å². The van der Waals surface area contributed by atoms with E-state index in [0.717, 1.165) is 11.8 Å². The quantitative estimate of drug-likeness (QED) is 0.734. The molecular formula is C14H11FN2O3S. The van der Waals surface area contributed by atoms with E-state index in [4.69, 9.17) is 9.52 Å². The highest BCUT2D eigenvalue weighted by Gasteiger charge is 2.16. The average molecular weight is 306 g/mol. The SMILES string of the molecule is O=C(O)CSc1nc2c(F)cccc2n1Cc1ccco1. The van der Waals surface area contributed by atoms with Gasteiger partial charge in [-0.25, -0.2) is 9.37 Å². The van der Waals surface area contributed by atoms with Crippen molar-refractivity contribution >= 4 is 28.8 Å². The van der Waals surface area contributed by atoms with Crippen molar-refractivity contribution in [2.75, 3.05) is 5.75 Å². The van der Waals surface area contributed by atoms with Gasteiger partial charge in [0, 0.05) is 0 Å². The van der Waals surface area contributed by atoms with E-state index >= 15 is 0 Å². The third kappa shape index (κ3) is 2.78. The Morgan fingerprint density at radius 3 is 2.95 bits per heavy atom. The van der Waals surface area contributed by atoms with Gasteiger partial charge < -0.3 is 14.1 Å². The second-order valence-electron chi connectivity index (χ2n) is 4.35. The number of furan rings is 1. The molecule has 0 saturated heterocycles. The van der Waals surface area contributed by atoms with Crippen LogP contribution in [0.15, 0.2) is 46.2 Å². The Morgan fingerprint density at radius 1 is 1.38 bits per heavy atom. The van der Waals surface area contributed by atoms with Crippen LogP contribution in [0.5, 0.6) is 0 Å². The number of benzene rings is 1. The molecule has 0 amide bonds. The van der Waals surface area contributed by atoms with Crippen molar-refractivity contribution in [2.24, 2.45) is 0 Å². The Hall–Kier alpha value is -2.28. The topological polar surface area (TPSA) is 68.3 Å². The summed E-state index contributed by atoms with van der Waals surface area (Å²) < 4.78 is 20.9. The van der Waals surface area contributed by atoms with Gasteiger partial charge in [0.05, 0.1) is 24.1 Å². The molecular weight excluding hydrogens is 295 g/mol. The molecule has 3 aromatic rings. The maximum Gasteiger partial charge on any atom is 0.313 e. The number of nitrogens with zero attached hydrogens (tertiary/aromatic N) is 2. The molecule has 0 saturated carbocycles. The van der Waals surface area contributed by atoms with Gasteiger partial charge >= 0.3 is 5.97 Å². The summed E-state index contributed by atoms with van der Waals surface area (Å²) in [5, 5.41) is 9.25. The summed E-state index contributed by atoms with van der Waals surface area (Å²) in [6.07, 6.45) is 1.55. The van der Waals surface area contributed by atoms with Crippen molar-refractivity contribution in [3.63, 3.8) is 0 Å². The number of halogens is 1. The molecule has 0 spiro atoms. The molecule has 108 valence electrons. The highest BCUT2D eigenvalue weighted by Crippen LogP contribution is 2.26. The predicted molar refractivity (Wildman–Crippen MR) is 75.9 cm³/mol. The van der Waals surface area contributed by atoms with E-state index in [-0.39, 0.29) is 11.3 Å². The first kappa shape index (κ1) is 13.7. The number of aliphatic carboxylic acids is 1. The molecule has 7 heteroatoms. The number of carbonyl (C=O) groups is 1. The van der Waals surface area contributed by atoms with E-state index in [1.807, 2.05) is 0 Å². The summed E-state index contributed by atoms with van der Waals surface area (Å²) >= 11 is 1.06. The molecule has 0 fully saturated rings. The van der Waals surface area contributed by atoms with Crippen LogP contribution in [0.1, 0.15) is 5.76 Å². The average Bonchev–Trinajstić information content (AvgIpc) is 3.07. The summed E-state index contributed by atoms with van der Waals surface area (Å²) in [5.74, 6) is -0.820. The monoisotopic (exact) mass is 306 g/mol. The van der Waals surface area contributed by atoms with E-state index in [0.29, 0.717) is 23.0 Å². The van der Waals surface area contributed by atoms with Gasteiger partial charge in [0.25, 0.3) is 0 Å². The van der Waals surface area contributed by atoms with Gasteiger partial charge in [-0.2, -0.15) is 0 Å². The third-order valence-electron chi connectivity index (χ3n) is 2.91. The Kier molecular flexibility index (Phi) is 3.66. The fraction of sp³-hybridized carbons (Fsp3) is 0.143. The molecule has 0 bridgehead atoms. The summed E-state index contributed by atoms with van der Waals surface area (Å²) in [7, 11) is 0. The van der Waals surface area contributed by atoms with Crippen LogP contribution in [0.3, 0.4) is 0 Å². The van der Waals surface area contributed by atoms with Crippen molar-refractivity contribution in [1.82, 2.24) is 9.55 Å². The van der Waals surface area contributed by atoms with E-state index < -0.39 is 11.8 Å². The lowest BCUT2D eigenvalue weighted by Crippen LogP contribution is -2.04. The van der Waals surface area contributed by atoms with Crippen molar-refractivity contribution < 1.29 is 18.7 Å². The van der Waals surface area contributed by atoms with Gasteiger partial charge in [-0.05, 0) is 24.3 Å². The number of carboxylic acids is 1. The number of rotatable bonds is 5. The first-order valence-electron chi connectivity index (χ1n) is 6.17. The van der Waals surface area contributed by atoms with Gasteiger partial charge in [-0.3, -0.25) is 4.79 Å². The van der Waals surface area contributed by atoms with E-state index in [2.05, 4.69) is 4.98 Å². The molecule has 21 heavy (non-hydrogen) atoms. The lowest BCUT2D eigenvalue weighted by atomic mass is 10.3. The Bertz CT molecular complexity index is 783. The Labute approximate surface area is 123 Å². The Morgan fingerprint density at radius 2 is 2.24 bits per heavy atom. The molecule has 1 aromatic carbocycles. The maximum atomic E-state index is 13.8. The van der Waals surface area contributed by atoms with Crippen LogP contribution >= 0.6 is 11.8 Å². The van der Waals surface area contributed by atoms with Crippen LogP contribution < -0.4 is 0 Å². The minimum absolute atomic E-state index is 0.136. The largest absolute Gasteiger partial charge is 0.481 e. The smallest absolute Gasteiger partial charge is 0.313 e. The molecule has 0 aliphatic carbocycles. The van der Waals surface area contributed by atoms with Crippen LogP contribution in [-0.4, -0.2) is 26.4 Å². The van der Waals surface area contributed by atoms with Gasteiger partial charge in [0.15, 0.2) is 11.0 Å². The van der Waals surface area contributed by atoms with Crippen molar-refractivity contribution in [3.8, 4) is 0 Å². The van der Waals surface area contributed by atoms with Crippen LogP contribution in [0.4, 0.5) is 4.39 Å². The highest BCUT2D eigenvalue weighted by molar-refractivity contribution is 7.99. The lowest BCUT2D eigenvalue weighted by molar-refractivity contribution is -0.133. The maximum absolute atomic E-state index is 13.8. The number of para-hydroxylation sites is 1. The fourth-order valence-corrected chi connectivity index (χ4v) is 2.77. The van der Waals surface area contributed by atoms with Crippen LogP contribution in [0, 0.1) is 5.82 Å². The summed E-state index contributed by atoms with van der Waals surface area (Å²) in [5.41, 5.74) is 0.844. The highest BCUT2D eigenvalue weighted by atomic mass is 32.2. The molecule has 0 radical (unpaired) electrons. The second kappa shape index (κ2) is 5.61. The fourth-order valence-electron chi connectivity index (χ4n) is 2.04. The minimum Gasteiger partial charge on any atom is -0.481 e. The summed E-state index contributed by atoms with van der Waals surface area (Å²) in [4.78, 5) is 14.9.